The highest BCUT2D eigenvalue weighted by Crippen LogP contribution is 2.35. The van der Waals surface area contributed by atoms with Gasteiger partial charge in [-0.25, -0.2) is 9.48 Å². The Bertz CT molecular complexity index is 657. The number of thioether (sulfide) groups is 1. The fourth-order valence-corrected chi connectivity index (χ4v) is 2.87. The molecule has 0 spiro atoms. The molecular weight excluding hydrogens is 300 g/mol. The molecule has 0 unspecified atom stereocenters. The van der Waals surface area contributed by atoms with Gasteiger partial charge in [0.05, 0.1) is 22.4 Å². The highest BCUT2D eigenvalue weighted by molar-refractivity contribution is 7.98. The second-order valence-electron chi connectivity index (χ2n) is 4.51. The average molecular weight is 311 g/mol. The van der Waals surface area contributed by atoms with Crippen molar-refractivity contribution in [1.29, 1.82) is 0 Å². The number of aromatic carboxylic acids is 1. The minimum atomic E-state index is -1.03. The lowest BCUT2D eigenvalue weighted by atomic mass is 10.2. The molecule has 0 saturated heterocycles. The maximum Gasteiger partial charge on any atom is 0.337 e. The molecule has 6 nitrogen and oxygen atoms in total. The number of carboxylic acid groups (broad SMARTS) is 1. The Labute approximate surface area is 124 Å². The standard InChI is InChI=1S/C12H11ClN4O2S/c13-10-4-3-8(5-9(10)12(18)19)20-6-11-14-15-16-17(11)7-1-2-7/h3-5,7H,1-2,6H2,(H,18,19). The molecule has 2 aromatic rings. The second-order valence-corrected chi connectivity index (χ2v) is 5.96. The van der Waals surface area contributed by atoms with E-state index >= 15 is 0 Å². The van der Waals surface area contributed by atoms with Crippen LogP contribution in [-0.4, -0.2) is 31.3 Å². The first-order valence-corrected chi connectivity index (χ1v) is 7.44. The van der Waals surface area contributed by atoms with Crippen LogP contribution in [0.2, 0.25) is 5.02 Å². The van der Waals surface area contributed by atoms with Gasteiger partial charge < -0.3 is 5.11 Å². The molecule has 3 rings (SSSR count). The van der Waals surface area contributed by atoms with E-state index in [-0.39, 0.29) is 10.6 Å². The van der Waals surface area contributed by atoms with E-state index in [0.717, 1.165) is 23.6 Å². The summed E-state index contributed by atoms with van der Waals surface area (Å²) in [5, 5.41) is 21.0. The predicted molar refractivity (Wildman–Crippen MR) is 74.1 cm³/mol. The van der Waals surface area contributed by atoms with Gasteiger partial charge in [0.2, 0.25) is 0 Å². The molecule has 1 aliphatic carbocycles. The monoisotopic (exact) mass is 310 g/mol. The largest absolute Gasteiger partial charge is 0.478 e. The van der Waals surface area contributed by atoms with Crippen LogP contribution in [0.3, 0.4) is 0 Å². The van der Waals surface area contributed by atoms with E-state index in [1.165, 1.54) is 11.8 Å². The van der Waals surface area contributed by atoms with Gasteiger partial charge in [0.15, 0.2) is 5.82 Å². The molecule has 1 heterocycles. The summed E-state index contributed by atoms with van der Waals surface area (Å²) >= 11 is 7.33. The normalized spacial score (nSPS) is 14.4. The fourth-order valence-electron chi connectivity index (χ4n) is 1.82. The Hall–Kier alpha value is -1.60. The summed E-state index contributed by atoms with van der Waals surface area (Å²) in [7, 11) is 0. The summed E-state index contributed by atoms with van der Waals surface area (Å²) < 4.78 is 1.85. The third-order valence-electron chi connectivity index (χ3n) is 2.99. The number of nitrogens with zero attached hydrogens (tertiary/aromatic N) is 4. The minimum absolute atomic E-state index is 0.110. The lowest BCUT2D eigenvalue weighted by Crippen LogP contribution is -2.02. The summed E-state index contributed by atoms with van der Waals surface area (Å²) in [6.45, 7) is 0. The van der Waals surface area contributed by atoms with Crippen molar-refractivity contribution in [3.8, 4) is 0 Å². The molecule has 0 bridgehead atoms. The Morgan fingerprint density at radius 2 is 2.30 bits per heavy atom. The van der Waals surface area contributed by atoms with Crippen molar-refractivity contribution < 1.29 is 9.90 Å². The van der Waals surface area contributed by atoms with Crippen LogP contribution in [0, 0.1) is 0 Å². The van der Waals surface area contributed by atoms with E-state index in [1.54, 1.807) is 18.2 Å². The van der Waals surface area contributed by atoms with Crippen LogP contribution in [-0.2, 0) is 5.75 Å². The smallest absolute Gasteiger partial charge is 0.337 e. The van der Waals surface area contributed by atoms with Gasteiger partial charge in [-0.15, -0.1) is 16.9 Å². The van der Waals surface area contributed by atoms with Crippen LogP contribution in [0.4, 0.5) is 0 Å². The van der Waals surface area contributed by atoms with Gasteiger partial charge in [-0.3, -0.25) is 0 Å². The number of hydrogen-bond acceptors (Lipinski definition) is 5. The van der Waals surface area contributed by atoms with Crippen LogP contribution < -0.4 is 0 Å². The third-order valence-corrected chi connectivity index (χ3v) is 4.31. The molecule has 1 saturated carbocycles. The van der Waals surface area contributed by atoms with Crippen molar-refractivity contribution in [3.05, 3.63) is 34.6 Å². The number of aromatic nitrogens is 4. The Balaban J connectivity index is 1.73. The van der Waals surface area contributed by atoms with Gasteiger partial charge in [0, 0.05) is 4.90 Å². The van der Waals surface area contributed by atoms with Crippen molar-refractivity contribution in [1.82, 2.24) is 20.2 Å². The maximum absolute atomic E-state index is 11.0. The lowest BCUT2D eigenvalue weighted by Gasteiger charge is -2.05. The SMILES string of the molecule is O=C(O)c1cc(SCc2nnnn2C2CC2)ccc1Cl. The van der Waals surface area contributed by atoms with Crippen LogP contribution in [0.1, 0.15) is 35.1 Å². The Kier molecular flexibility index (Phi) is 3.62. The topological polar surface area (TPSA) is 80.9 Å². The third kappa shape index (κ3) is 2.78. The highest BCUT2D eigenvalue weighted by Gasteiger charge is 2.27. The fraction of sp³-hybridized carbons (Fsp3) is 0.333. The predicted octanol–water partition coefficient (Wildman–Crippen LogP) is 2.65. The van der Waals surface area contributed by atoms with Gasteiger partial charge in [0.1, 0.15) is 0 Å². The van der Waals surface area contributed by atoms with E-state index in [4.69, 9.17) is 16.7 Å². The van der Waals surface area contributed by atoms with Crippen LogP contribution in [0.15, 0.2) is 23.1 Å². The lowest BCUT2D eigenvalue weighted by molar-refractivity contribution is 0.0697. The molecule has 0 amide bonds. The average Bonchev–Trinajstić information content (AvgIpc) is 3.16. The van der Waals surface area contributed by atoms with Crippen LogP contribution in [0.25, 0.3) is 0 Å². The molecule has 1 aromatic heterocycles. The van der Waals surface area contributed by atoms with Crippen LogP contribution >= 0.6 is 23.4 Å². The zero-order valence-electron chi connectivity index (χ0n) is 10.4. The molecular formula is C12H11ClN4O2S. The molecule has 1 fully saturated rings. The van der Waals surface area contributed by atoms with Gasteiger partial charge in [-0.05, 0) is 41.5 Å². The Morgan fingerprint density at radius 1 is 1.50 bits per heavy atom. The van der Waals surface area contributed by atoms with Crippen molar-refractivity contribution in [3.63, 3.8) is 0 Å². The van der Waals surface area contributed by atoms with Crippen molar-refractivity contribution in [2.75, 3.05) is 0 Å². The number of carbonyl (C=O) groups is 1. The number of halogens is 1. The quantitative estimate of drug-likeness (QED) is 0.855. The first-order chi connectivity index (χ1) is 9.65. The molecule has 1 N–H and O–H groups in total. The van der Waals surface area contributed by atoms with E-state index in [9.17, 15) is 4.79 Å². The molecule has 0 atom stereocenters. The molecule has 1 aromatic carbocycles. The number of rotatable bonds is 5. The summed E-state index contributed by atoms with van der Waals surface area (Å²) in [5.41, 5.74) is 0.110. The first kappa shape index (κ1) is 13.4. The number of benzene rings is 1. The number of hydrogen-bond donors (Lipinski definition) is 1. The van der Waals surface area contributed by atoms with Gasteiger partial charge in [-0.1, -0.05) is 11.6 Å². The summed E-state index contributed by atoms with van der Waals surface area (Å²) in [5.74, 6) is 0.383. The summed E-state index contributed by atoms with van der Waals surface area (Å²) in [6.07, 6.45) is 2.24. The van der Waals surface area contributed by atoms with Crippen molar-refractivity contribution in [2.24, 2.45) is 0 Å². The molecule has 0 radical (unpaired) electrons. The zero-order valence-corrected chi connectivity index (χ0v) is 11.9. The molecule has 104 valence electrons. The molecule has 8 heteroatoms. The van der Waals surface area contributed by atoms with Crippen molar-refractivity contribution in [2.45, 2.75) is 29.5 Å². The summed E-state index contributed by atoms with van der Waals surface area (Å²) in [4.78, 5) is 11.9. The van der Waals surface area contributed by atoms with Gasteiger partial charge in [-0.2, -0.15) is 0 Å². The van der Waals surface area contributed by atoms with E-state index in [2.05, 4.69) is 15.5 Å². The maximum atomic E-state index is 11.0. The first-order valence-electron chi connectivity index (χ1n) is 6.07. The van der Waals surface area contributed by atoms with Gasteiger partial charge >= 0.3 is 5.97 Å². The number of tetrazole rings is 1. The highest BCUT2D eigenvalue weighted by atomic mass is 35.5. The molecule has 0 aliphatic heterocycles. The van der Waals surface area contributed by atoms with E-state index in [1.807, 2.05) is 4.68 Å². The molecule has 20 heavy (non-hydrogen) atoms. The second kappa shape index (κ2) is 5.41. The summed E-state index contributed by atoms with van der Waals surface area (Å²) in [6, 6.07) is 5.39. The Morgan fingerprint density at radius 3 is 3.00 bits per heavy atom. The molecule has 1 aliphatic rings. The van der Waals surface area contributed by atoms with Crippen LogP contribution in [0.5, 0.6) is 0 Å². The zero-order chi connectivity index (χ0) is 14.1. The van der Waals surface area contributed by atoms with Crippen molar-refractivity contribution >= 4 is 29.3 Å². The number of carboxylic acids is 1. The van der Waals surface area contributed by atoms with E-state index < -0.39 is 5.97 Å². The minimum Gasteiger partial charge on any atom is -0.478 e. The van der Waals surface area contributed by atoms with Gasteiger partial charge in [0.25, 0.3) is 0 Å². The van der Waals surface area contributed by atoms with E-state index in [0.29, 0.717) is 11.8 Å².